The molecular weight excluding hydrogens is 293 g/mol. The Kier molecular flexibility index (Phi) is 3.84. The SMILES string of the molecule is O=C(c1cc(Cl)ccc1Br)N1CCOCC1. The summed E-state index contributed by atoms with van der Waals surface area (Å²) in [4.78, 5) is 13.9. The van der Waals surface area contributed by atoms with Gasteiger partial charge in [0.1, 0.15) is 0 Å². The molecule has 0 spiro atoms. The Labute approximate surface area is 107 Å². The molecule has 1 aromatic carbocycles. The lowest BCUT2D eigenvalue weighted by Crippen LogP contribution is -2.40. The smallest absolute Gasteiger partial charge is 0.255 e. The molecule has 1 saturated heterocycles. The van der Waals surface area contributed by atoms with Crippen LogP contribution in [0.2, 0.25) is 5.02 Å². The second-order valence-electron chi connectivity index (χ2n) is 3.53. The first-order valence-corrected chi connectivity index (χ1v) is 6.17. The number of carbonyl (C=O) groups excluding carboxylic acids is 1. The van der Waals surface area contributed by atoms with Gasteiger partial charge in [-0.2, -0.15) is 0 Å². The third-order valence-electron chi connectivity index (χ3n) is 2.46. The van der Waals surface area contributed by atoms with E-state index in [0.717, 1.165) is 4.47 Å². The molecule has 2 rings (SSSR count). The number of nitrogens with zero attached hydrogens (tertiary/aromatic N) is 1. The van der Waals surface area contributed by atoms with Crippen LogP contribution in [-0.2, 0) is 4.74 Å². The minimum Gasteiger partial charge on any atom is -0.378 e. The van der Waals surface area contributed by atoms with E-state index in [9.17, 15) is 4.79 Å². The van der Waals surface area contributed by atoms with Crippen LogP contribution in [0.4, 0.5) is 0 Å². The van der Waals surface area contributed by atoms with Crippen LogP contribution >= 0.6 is 27.5 Å². The standard InChI is InChI=1S/C11H11BrClNO2/c12-10-2-1-8(13)7-9(10)11(15)14-3-5-16-6-4-14/h1-2,7H,3-6H2. The van der Waals surface area contributed by atoms with Gasteiger partial charge < -0.3 is 9.64 Å². The van der Waals surface area contributed by atoms with Gasteiger partial charge in [-0.25, -0.2) is 0 Å². The number of hydrogen-bond acceptors (Lipinski definition) is 2. The van der Waals surface area contributed by atoms with Crippen LogP contribution < -0.4 is 0 Å². The van der Waals surface area contributed by atoms with Gasteiger partial charge >= 0.3 is 0 Å². The number of morpholine rings is 1. The van der Waals surface area contributed by atoms with Gasteiger partial charge in [0.2, 0.25) is 0 Å². The average Bonchev–Trinajstić information content (AvgIpc) is 2.32. The summed E-state index contributed by atoms with van der Waals surface area (Å²) in [6.07, 6.45) is 0. The molecule has 16 heavy (non-hydrogen) atoms. The maximum absolute atomic E-state index is 12.2. The molecule has 5 heteroatoms. The van der Waals surface area contributed by atoms with Crippen molar-refractivity contribution in [2.45, 2.75) is 0 Å². The van der Waals surface area contributed by atoms with Crippen LogP contribution in [0.25, 0.3) is 0 Å². The molecule has 1 fully saturated rings. The van der Waals surface area contributed by atoms with Crippen molar-refractivity contribution in [1.82, 2.24) is 4.90 Å². The lowest BCUT2D eigenvalue weighted by atomic mass is 10.2. The number of amides is 1. The van der Waals surface area contributed by atoms with E-state index in [1.165, 1.54) is 0 Å². The molecule has 0 aromatic heterocycles. The number of rotatable bonds is 1. The summed E-state index contributed by atoms with van der Waals surface area (Å²) >= 11 is 9.24. The number of halogens is 2. The number of benzene rings is 1. The molecular formula is C11H11BrClNO2. The van der Waals surface area contributed by atoms with Crippen molar-refractivity contribution < 1.29 is 9.53 Å². The molecule has 1 aliphatic rings. The van der Waals surface area contributed by atoms with Crippen molar-refractivity contribution in [2.75, 3.05) is 26.3 Å². The van der Waals surface area contributed by atoms with Gasteiger partial charge in [-0.3, -0.25) is 4.79 Å². The molecule has 0 saturated carbocycles. The second-order valence-corrected chi connectivity index (χ2v) is 4.82. The summed E-state index contributed by atoms with van der Waals surface area (Å²) in [5, 5.41) is 0.569. The highest BCUT2D eigenvalue weighted by Gasteiger charge is 2.20. The van der Waals surface area contributed by atoms with Crippen molar-refractivity contribution in [2.24, 2.45) is 0 Å². The van der Waals surface area contributed by atoms with E-state index >= 15 is 0 Å². The van der Waals surface area contributed by atoms with Crippen molar-refractivity contribution in [3.8, 4) is 0 Å². The zero-order chi connectivity index (χ0) is 11.5. The number of carbonyl (C=O) groups is 1. The monoisotopic (exact) mass is 303 g/mol. The maximum Gasteiger partial charge on any atom is 0.255 e. The normalized spacial score (nSPS) is 16.2. The van der Waals surface area contributed by atoms with Gasteiger partial charge in [0.05, 0.1) is 18.8 Å². The van der Waals surface area contributed by atoms with E-state index in [4.69, 9.17) is 16.3 Å². The lowest BCUT2D eigenvalue weighted by molar-refractivity contribution is 0.0302. The highest BCUT2D eigenvalue weighted by molar-refractivity contribution is 9.10. The summed E-state index contributed by atoms with van der Waals surface area (Å²) in [6.45, 7) is 2.48. The summed E-state index contributed by atoms with van der Waals surface area (Å²) in [6, 6.07) is 5.22. The van der Waals surface area contributed by atoms with E-state index in [1.807, 2.05) is 0 Å². The maximum atomic E-state index is 12.2. The predicted molar refractivity (Wildman–Crippen MR) is 65.9 cm³/mol. The van der Waals surface area contributed by atoms with Gasteiger partial charge in [-0.05, 0) is 34.1 Å². The molecule has 0 bridgehead atoms. The minimum absolute atomic E-state index is 0.00215. The lowest BCUT2D eigenvalue weighted by Gasteiger charge is -2.27. The Balaban J connectivity index is 2.22. The van der Waals surface area contributed by atoms with Crippen LogP contribution in [-0.4, -0.2) is 37.1 Å². The summed E-state index contributed by atoms with van der Waals surface area (Å²) < 4.78 is 5.98. The Hall–Kier alpha value is -0.580. The Morgan fingerprint density at radius 3 is 2.75 bits per heavy atom. The van der Waals surface area contributed by atoms with Crippen LogP contribution in [0.5, 0.6) is 0 Å². The zero-order valence-electron chi connectivity index (χ0n) is 8.58. The zero-order valence-corrected chi connectivity index (χ0v) is 10.9. The van der Waals surface area contributed by atoms with E-state index in [-0.39, 0.29) is 5.91 Å². The molecule has 0 aliphatic carbocycles. The van der Waals surface area contributed by atoms with Gasteiger partial charge in [-0.1, -0.05) is 11.6 Å². The van der Waals surface area contributed by atoms with E-state index in [0.29, 0.717) is 36.9 Å². The molecule has 86 valence electrons. The quantitative estimate of drug-likeness (QED) is 0.798. The molecule has 0 radical (unpaired) electrons. The van der Waals surface area contributed by atoms with Crippen LogP contribution in [0.3, 0.4) is 0 Å². The average molecular weight is 305 g/mol. The fourth-order valence-corrected chi connectivity index (χ4v) is 2.19. The molecule has 3 nitrogen and oxygen atoms in total. The highest BCUT2D eigenvalue weighted by atomic mass is 79.9. The van der Waals surface area contributed by atoms with Gasteiger partial charge in [0.25, 0.3) is 5.91 Å². The van der Waals surface area contributed by atoms with Crippen molar-refractivity contribution in [1.29, 1.82) is 0 Å². The number of hydrogen-bond donors (Lipinski definition) is 0. The van der Waals surface area contributed by atoms with Crippen LogP contribution in [0.15, 0.2) is 22.7 Å². The Morgan fingerprint density at radius 1 is 1.38 bits per heavy atom. The molecule has 1 heterocycles. The van der Waals surface area contributed by atoms with E-state index in [2.05, 4.69) is 15.9 Å². The predicted octanol–water partition coefficient (Wildman–Crippen LogP) is 2.57. The summed E-state index contributed by atoms with van der Waals surface area (Å²) in [5.41, 5.74) is 0.606. The summed E-state index contributed by atoms with van der Waals surface area (Å²) in [5.74, 6) is -0.00215. The first-order valence-electron chi connectivity index (χ1n) is 5.00. The van der Waals surface area contributed by atoms with E-state index in [1.54, 1.807) is 23.1 Å². The third kappa shape index (κ3) is 2.56. The van der Waals surface area contributed by atoms with Crippen molar-refractivity contribution >= 4 is 33.4 Å². The van der Waals surface area contributed by atoms with Crippen LogP contribution in [0, 0.1) is 0 Å². The fraction of sp³-hybridized carbons (Fsp3) is 0.364. The Bertz CT molecular complexity index is 405. The van der Waals surface area contributed by atoms with Gasteiger partial charge in [0.15, 0.2) is 0 Å². The highest BCUT2D eigenvalue weighted by Crippen LogP contribution is 2.22. The largest absolute Gasteiger partial charge is 0.378 e. The van der Waals surface area contributed by atoms with Gasteiger partial charge in [-0.15, -0.1) is 0 Å². The summed E-state index contributed by atoms with van der Waals surface area (Å²) in [7, 11) is 0. The van der Waals surface area contributed by atoms with Crippen LogP contribution in [0.1, 0.15) is 10.4 Å². The second kappa shape index (κ2) is 5.17. The Morgan fingerprint density at radius 2 is 2.06 bits per heavy atom. The third-order valence-corrected chi connectivity index (χ3v) is 3.38. The molecule has 0 N–H and O–H groups in total. The first kappa shape index (κ1) is 11.9. The minimum atomic E-state index is -0.00215. The van der Waals surface area contributed by atoms with Crippen molar-refractivity contribution in [3.63, 3.8) is 0 Å². The topological polar surface area (TPSA) is 29.5 Å². The fourth-order valence-electron chi connectivity index (χ4n) is 1.60. The molecule has 0 atom stereocenters. The number of ether oxygens (including phenoxy) is 1. The molecule has 1 amide bonds. The first-order chi connectivity index (χ1) is 7.68. The van der Waals surface area contributed by atoms with E-state index < -0.39 is 0 Å². The van der Waals surface area contributed by atoms with Gasteiger partial charge in [0, 0.05) is 22.6 Å². The molecule has 0 unspecified atom stereocenters. The molecule has 1 aliphatic heterocycles. The van der Waals surface area contributed by atoms with Crippen molar-refractivity contribution in [3.05, 3.63) is 33.3 Å². The molecule has 1 aromatic rings.